The molecule has 0 atom stereocenters. The molecule has 8 aromatic rings. The molecule has 2 heteroatoms. The summed E-state index contributed by atoms with van der Waals surface area (Å²) < 4.78 is 2.47. The molecule has 268 valence electrons. The van der Waals surface area contributed by atoms with Gasteiger partial charge in [-0.25, -0.2) is 0 Å². The van der Waals surface area contributed by atoms with Crippen LogP contribution >= 0.6 is 0 Å². The fourth-order valence-electron chi connectivity index (χ4n) is 8.50. The molecule has 0 fully saturated rings. The van der Waals surface area contributed by atoms with Crippen LogP contribution in [0.15, 0.2) is 200 Å². The number of anilines is 3. The first-order chi connectivity index (χ1) is 27.8. The molecule has 1 heterocycles. The molecule has 0 saturated carbocycles. The first kappa shape index (κ1) is 33.7. The molecule has 0 N–H and O–H groups in total. The van der Waals surface area contributed by atoms with Crippen molar-refractivity contribution in [3.8, 4) is 39.1 Å². The molecule has 0 spiro atoms. The minimum atomic E-state index is 1.04. The average molecular weight is 719 g/mol. The van der Waals surface area contributed by atoms with Crippen LogP contribution in [0.1, 0.15) is 36.1 Å². The predicted octanol–water partition coefficient (Wildman–Crippen LogP) is 14.8. The van der Waals surface area contributed by atoms with Gasteiger partial charge >= 0.3 is 0 Å². The van der Waals surface area contributed by atoms with Gasteiger partial charge in [0.2, 0.25) is 0 Å². The SMILES string of the molecule is C1=CC(c2cccc(-c3ccc(N(c4ccc(-c5ccccc5)cc4)c4cccc(-c5cccc(-n6c7c(c8ccccc86)C=CCC7)c5)c4)cc3)c2)=CCC1. The van der Waals surface area contributed by atoms with Crippen LogP contribution < -0.4 is 4.90 Å². The third-order valence-electron chi connectivity index (χ3n) is 11.3. The van der Waals surface area contributed by atoms with Gasteiger partial charge in [-0.3, -0.25) is 0 Å². The summed E-state index contributed by atoms with van der Waals surface area (Å²) in [5.41, 5.74) is 18.3. The Hall–Kier alpha value is -6.90. The van der Waals surface area contributed by atoms with Crippen molar-refractivity contribution in [1.29, 1.82) is 0 Å². The Morgan fingerprint density at radius 3 is 1.79 bits per heavy atom. The van der Waals surface area contributed by atoms with Crippen LogP contribution in [0, 0.1) is 0 Å². The van der Waals surface area contributed by atoms with Gasteiger partial charge in [0, 0.05) is 39.4 Å². The van der Waals surface area contributed by atoms with Gasteiger partial charge in [0.25, 0.3) is 0 Å². The highest BCUT2D eigenvalue weighted by Crippen LogP contribution is 2.40. The highest BCUT2D eigenvalue weighted by molar-refractivity contribution is 5.93. The van der Waals surface area contributed by atoms with Gasteiger partial charge in [-0.1, -0.05) is 146 Å². The van der Waals surface area contributed by atoms with E-state index in [1.54, 1.807) is 0 Å². The maximum atomic E-state index is 2.47. The molecule has 56 heavy (non-hydrogen) atoms. The molecule has 1 aromatic heterocycles. The molecule has 2 aliphatic rings. The van der Waals surface area contributed by atoms with Gasteiger partial charge in [-0.15, -0.1) is 0 Å². The zero-order chi connectivity index (χ0) is 37.3. The minimum absolute atomic E-state index is 1.04. The number of nitrogens with zero attached hydrogens (tertiary/aromatic N) is 2. The van der Waals surface area contributed by atoms with Crippen molar-refractivity contribution < 1.29 is 0 Å². The van der Waals surface area contributed by atoms with Crippen LogP contribution in [0.2, 0.25) is 0 Å². The van der Waals surface area contributed by atoms with Gasteiger partial charge in [-0.2, -0.15) is 0 Å². The Morgan fingerprint density at radius 1 is 0.411 bits per heavy atom. The van der Waals surface area contributed by atoms with E-state index in [1.807, 2.05) is 0 Å². The second-order valence-corrected chi connectivity index (χ2v) is 14.8. The van der Waals surface area contributed by atoms with E-state index in [-0.39, 0.29) is 0 Å². The van der Waals surface area contributed by atoms with Crippen molar-refractivity contribution in [3.63, 3.8) is 0 Å². The van der Waals surface area contributed by atoms with Gasteiger partial charge < -0.3 is 9.47 Å². The summed E-state index contributed by atoms with van der Waals surface area (Å²) in [5.74, 6) is 0. The van der Waals surface area contributed by atoms with Crippen molar-refractivity contribution >= 4 is 39.6 Å². The van der Waals surface area contributed by atoms with Crippen LogP contribution in [-0.4, -0.2) is 4.57 Å². The minimum Gasteiger partial charge on any atom is -0.313 e. The lowest BCUT2D eigenvalue weighted by Crippen LogP contribution is -2.10. The second-order valence-electron chi connectivity index (χ2n) is 14.8. The summed E-state index contributed by atoms with van der Waals surface area (Å²) in [5, 5.41) is 1.32. The molecule has 0 radical (unpaired) electrons. The van der Waals surface area contributed by atoms with E-state index >= 15 is 0 Å². The van der Waals surface area contributed by atoms with E-state index in [2.05, 4.69) is 216 Å². The summed E-state index contributed by atoms with van der Waals surface area (Å²) in [6.07, 6.45) is 15.8. The maximum Gasteiger partial charge on any atom is 0.0537 e. The first-order valence-electron chi connectivity index (χ1n) is 19.8. The van der Waals surface area contributed by atoms with Crippen molar-refractivity contribution in [3.05, 3.63) is 217 Å². The summed E-state index contributed by atoms with van der Waals surface area (Å²) in [6, 6.07) is 64.3. The summed E-state index contributed by atoms with van der Waals surface area (Å²) in [7, 11) is 0. The number of benzene rings is 7. The molecule has 7 aromatic carbocycles. The molecule has 0 saturated heterocycles. The van der Waals surface area contributed by atoms with Gasteiger partial charge in [-0.05, 0) is 131 Å². The summed E-state index contributed by atoms with van der Waals surface area (Å²) >= 11 is 0. The van der Waals surface area contributed by atoms with Gasteiger partial charge in [0.05, 0.1) is 5.52 Å². The maximum absolute atomic E-state index is 2.47. The molecule has 0 bridgehead atoms. The standard InChI is InChI=1S/C54H42N2/c1-3-14-39(15-4-1)41-28-32-47(33-29-41)55(48-34-30-42(31-35-48)44-19-11-18-43(36-44)40-16-5-2-6-17-40)49-22-12-20-45(37-49)46-21-13-23-50(38-46)56-53-26-9-7-24-51(53)52-25-8-10-27-54(52)56/h1,3-5,7-9,11-26,28-38H,2,6,10,27H2. The lowest BCUT2D eigenvalue weighted by molar-refractivity contribution is 0.889. The van der Waals surface area contributed by atoms with Gasteiger partial charge in [0.15, 0.2) is 0 Å². The summed E-state index contributed by atoms with van der Waals surface area (Å²) in [6.45, 7) is 0. The largest absolute Gasteiger partial charge is 0.313 e. The van der Waals surface area contributed by atoms with E-state index in [9.17, 15) is 0 Å². The molecular formula is C54H42N2. The monoisotopic (exact) mass is 718 g/mol. The predicted molar refractivity (Wildman–Crippen MR) is 238 cm³/mol. The highest BCUT2D eigenvalue weighted by Gasteiger charge is 2.19. The third kappa shape index (κ3) is 6.40. The number of aromatic nitrogens is 1. The van der Waals surface area contributed by atoms with Crippen molar-refractivity contribution in [1.82, 2.24) is 4.57 Å². The average Bonchev–Trinajstić information content (AvgIpc) is 3.62. The molecule has 0 aliphatic heterocycles. The number of para-hydroxylation sites is 1. The highest BCUT2D eigenvalue weighted by atomic mass is 15.1. The van der Waals surface area contributed by atoms with E-state index in [0.717, 1.165) is 42.7 Å². The number of fused-ring (bicyclic) bond motifs is 3. The second kappa shape index (κ2) is 14.7. The normalized spacial score (nSPS) is 13.4. The molecule has 2 nitrogen and oxygen atoms in total. The number of allylic oxidation sites excluding steroid dienone is 5. The smallest absolute Gasteiger partial charge is 0.0537 e. The van der Waals surface area contributed by atoms with E-state index in [4.69, 9.17) is 0 Å². The number of rotatable bonds is 8. The van der Waals surface area contributed by atoms with Crippen molar-refractivity contribution in [2.24, 2.45) is 0 Å². The quantitative estimate of drug-likeness (QED) is 0.152. The molecule has 0 amide bonds. The fourth-order valence-corrected chi connectivity index (χ4v) is 8.50. The van der Waals surface area contributed by atoms with Gasteiger partial charge in [0.1, 0.15) is 0 Å². The Kier molecular flexibility index (Phi) is 8.85. The van der Waals surface area contributed by atoms with E-state index in [0.29, 0.717) is 0 Å². The van der Waals surface area contributed by atoms with Crippen LogP contribution in [-0.2, 0) is 6.42 Å². The molecular weight excluding hydrogens is 677 g/mol. The molecule has 10 rings (SSSR count). The zero-order valence-electron chi connectivity index (χ0n) is 31.4. The van der Waals surface area contributed by atoms with E-state index < -0.39 is 0 Å². The fraction of sp³-hybridized carbons (Fsp3) is 0.0741. The molecule has 2 aliphatic carbocycles. The Labute approximate surface area is 329 Å². The summed E-state index contributed by atoms with van der Waals surface area (Å²) in [4.78, 5) is 2.38. The Balaban J connectivity index is 1.04. The zero-order valence-corrected chi connectivity index (χ0v) is 31.4. The van der Waals surface area contributed by atoms with Crippen LogP contribution in [0.3, 0.4) is 0 Å². The topological polar surface area (TPSA) is 8.17 Å². The Bertz CT molecular complexity index is 2780. The number of hydrogen-bond donors (Lipinski definition) is 0. The van der Waals surface area contributed by atoms with Crippen LogP contribution in [0.4, 0.5) is 17.1 Å². The van der Waals surface area contributed by atoms with Crippen molar-refractivity contribution in [2.75, 3.05) is 4.90 Å². The lowest BCUT2D eigenvalue weighted by Gasteiger charge is -2.26. The number of hydrogen-bond acceptors (Lipinski definition) is 1. The lowest BCUT2D eigenvalue weighted by atomic mass is 9.96. The van der Waals surface area contributed by atoms with Crippen molar-refractivity contribution in [2.45, 2.75) is 25.7 Å². The van der Waals surface area contributed by atoms with Crippen LogP contribution in [0.25, 0.3) is 61.6 Å². The molecule has 0 unspecified atom stereocenters. The first-order valence-corrected chi connectivity index (χ1v) is 19.8. The van der Waals surface area contributed by atoms with E-state index in [1.165, 1.54) is 72.4 Å². The third-order valence-corrected chi connectivity index (χ3v) is 11.3. The van der Waals surface area contributed by atoms with Crippen LogP contribution in [0.5, 0.6) is 0 Å². The Morgan fingerprint density at radius 2 is 1.02 bits per heavy atom.